The van der Waals surface area contributed by atoms with E-state index in [9.17, 15) is 22.8 Å². The summed E-state index contributed by atoms with van der Waals surface area (Å²) in [5.41, 5.74) is -1.08. The summed E-state index contributed by atoms with van der Waals surface area (Å²) in [6, 6.07) is 5.76. The van der Waals surface area contributed by atoms with Crippen molar-refractivity contribution in [3.05, 3.63) is 53.4 Å². The highest BCUT2D eigenvalue weighted by molar-refractivity contribution is 6.03. The lowest BCUT2D eigenvalue weighted by atomic mass is 10.2. The first-order chi connectivity index (χ1) is 13.2. The van der Waals surface area contributed by atoms with Crippen LogP contribution in [-0.2, 0) is 15.7 Å². The number of benzene rings is 1. The molecule has 28 heavy (non-hydrogen) atoms. The third kappa shape index (κ3) is 4.79. The van der Waals surface area contributed by atoms with E-state index in [1.54, 1.807) is 19.1 Å². The van der Waals surface area contributed by atoms with Gasteiger partial charge in [0.1, 0.15) is 5.56 Å². The van der Waals surface area contributed by atoms with E-state index >= 15 is 0 Å². The Kier molecular flexibility index (Phi) is 6.61. The van der Waals surface area contributed by atoms with Gasteiger partial charge in [0.15, 0.2) is 5.69 Å². The zero-order valence-electron chi connectivity index (χ0n) is 15.6. The normalized spacial score (nSPS) is 12.0. The second-order valence-corrected chi connectivity index (χ2v) is 5.84. The molecule has 0 radical (unpaired) electrons. The molecule has 2 aromatic rings. The van der Waals surface area contributed by atoms with Crippen molar-refractivity contribution in [2.24, 2.45) is 0 Å². The fraction of sp³-hybridized carbons (Fsp3) is 0.316. The van der Waals surface area contributed by atoms with E-state index in [1.165, 1.54) is 25.1 Å². The molecule has 1 aromatic carbocycles. The van der Waals surface area contributed by atoms with E-state index in [0.717, 1.165) is 6.20 Å². The molecule has 0 aliphatic carbocycles. The maximum atomic E-state index is 13.6. The first-order valence-corrected chi connectivity index (χ1v) is 8.59. The lowest BCUT2D eigenvalue weighted by molar-refractivity contribution is -0.143. The van der Waals surface area contributed by atoms with Crippen LogP contribution in [0, 0.1) is 0 Å². The Morgan fingerprint density at radius 2 is 2.00 bits per heavy atom. The van der Waals surface area contributed by atoms with Gasteiger partial charge >= 0.3 is 12.1 Å². The molecule has 150 valence electrons. The Morgan fingerprint density at radius 1 is 1.29 bits per heavy atom. The number of amides is 1. The van der Waals surface area contributed by atoms with Crippen LogP contribution in [0.3, 0.4) is 0 Å². The van der Waals surface area contributed by atoms with E-state index < -0.39 is 23.4 Å². The molecule has 1 aromatic heterocycles. The van der Waals surface area contributed by atoms with Crippen LogP contribution in [0.15, 0.2) is 42.1 Å². The van der Waals surface area contributed by atoms with Gasteiger partial charge in [-0.15, -0.1) is 0 Å². The predicted octanol–water partition coefficient (Wildman–Crippen LogP) is 4.36. The number of nitrogens with zero attached hydrogens (tertiary/aromatic N) is 2. The van der Waals surface area contributed by atoms with Crippen molar-refractivity contribution in [2.75, 3.05) is 11.9 Å². The van der Waals surface area contributed by atoms with Gasteiger partial charge in [-0.05, 0) is 38.5 Å². The Bertz CT molecular complexity index is 901. The number of hydrogen-bond acceptors (Lipinski definition) is 4. The predicted molar refractivity (Wildman–Crippen MR) is 97.2 cm³/mol. The summed E-state index contributed by atoms with van der Waals surface area (Å²) in [7, 11) is 0. The van der Waals surface area contributed by atoms with Crippen LogP contribution < -0.4 is 5.32 Å². The molecule has 1 heterocycles. The highest BCUT2D eigenvalue weighted by Crippen LogP contribution is 2.34. The molecule has 6 nitrogen and oxygen atoms in total. The average Bonchev–Trinajstić information content (AvgIpc) is 3.08. The summed E-state index contributed by atoms with van der Waals surface area (Å²) in [5.74, 6) is -1.46. The van der Waals surface area contributed by atoms with E-state index in [1.807, 2.05) is 6.92 Å². The third-order valence-corrected chi connectivity index (χ3v) is 3.75. The number of ether oxygens (including phenoxy) is 1. The fourth-order valence-corrected chi connectivity index (χ4v) is 2.52. The minimum absolute atomic E-state index is 0.0396. The number of rotatable bonds is 6. The molecule has 1 N–H and O–H groups in total. The van der Waals surface area contributed by atoms with Crippen molar-refractivity contribution >= 4 is 17.6 Å². The molecule has 0 aliphatic rings. The minimum Gasteiger partial charge on any atom is -0.462 e. The number of carbonyl (C=O) groups is 2. The smallest absolute Gasteiger partial charge is 0.434 e. The standard InChI is InChI=1S/C19H20F3N3O3/c1-4-7-12(3)17(26)24-13-8-6-9-14(10-13)25-16(19(20,21)22)15(11-23-25)18(27)28-5-2/h6-11H,4-5H2,1-3H3,(H,24,26)/b12-7+. The van der Waals surface area contributed by atoms with Crippen molar-refractivity contribution in [3.8, 4) is 5.69 Å². The summed E-state index contributed by atoms with van der Waals surface area (Å²) >= 11 is 0. The first kappa shape index (κ1) is 21.2. The van der Waals surface area contributed by atoms with Gasteiger partial charge in [0.25, 0.3) is 5.91 Å². The number of alkyl halides is 3. The lowest BCUT2D eigenvalue weighted by Gasteiger charge is -2.13. The van der Waals surface area contributed by atoms with Crippen molar-refractivity contribution < 1.29 is 27.5 Å². The molecule has 0 spiro atoms. The molecule has 0 fully saturated rings. The average molecular weight is 395 g/mol. The minimum atomic E-state index is -4.84. The molecule has 0 atom stereocenters. The largest absolute Gasteiger partial charge is 0.462 e. The molecule has 1 amide bonds. The number of halogens is 3. The van der Waals surface area contributed by atoms with Gasteiger partial charge in [-0.2, -0.15) is 18.3 Å². The Labute approximate surface area is 160 Å². The second-order valence-electron chi connectivity index (χ2n) is 5.84. The molecule has 2 rings (SSSR count). The molecule has 0 bridgehead atoms. The lowest BCUT2D eigenvalue weighted by Crippen LogP contribution is -2.19. The van der Waals surface area contributed by atoms with Crippen LogP contribution >= 0.6 is 0 Å². The zero-order chi connectivity index (χ0) is 20.9. The number of esters is 1. The van der Waals surface area contributed by atoms with Gasteiger partial charge in [-0.1, -0.05) is 19.1 Å². The Hall–Kier alpha value is -3.10. The van der Waals surface area contributed by atoms with Gasteiger partial charge < -0.3 is 10.1 Å². The molecular weight excluding hydrogens is 375 g/mol. The molecule has 0 saturated carbocycles. The van der Waals surface area contributed by atoms with Crippen LogP contribution in [0.5, 0.6) is 0 Å². The van der Waals surface area contributed by atoms with E-state index in [2.05, 4.69) is 15.2 Å². The second kappa shape index (κ2) is 8.73. The maximum Gasteiger partial charge on any atom is 0.434 e. The number of carbonyl (C=O) groups excluding carboxylic acids is 2. The van der Waals surface area contributed by atoms with E-state index in [0.29, 0.717) is 22.4 Å². The van der Waals surface area contributed by atoms with Crippen molar-refractivity contribution in [1.29, 1.82) is 0 Å². The fourth-order valence-electron chi connectivity index (χ4n) is 2.52. The van der Waals surface area contributed by atoms with Crippen LogP contribution in [0.25, 0.3) is 5.69 Å². The topological polar surface area (TPSA) is 73.2 Å². The number of hydrogen-bond donors (Lipinski definition) is 1. The number of aromatic nitrogens is 2. The summed E-state index contributed by atoms with van der Waals surface area (Å²) in [4.78, 5) is 24.0. The van der Waals surface area contributed by atoms with Crippen LogP contribution in [0.1, 0.15) is 43.2 Å². The van der Waals surface area contributed by atoms with Crippen LogP contribution in [0.2, 0.25) is 0 Å². The van der Waals surface area contributed by atoms with E-state index in [4.69, 9.17) is 0 Å². The Morgan fingerprint density at radius 3 is 2.61 bits per heavy atom. The van der Waals surface area contributed by atoms with Crippen molar-refractivity contribution in [3.63, 3.8) is 0 Å². The highest BCUT2D eigenvalue weighted by atomic mass is 19.4. The molecule has 9 heteroatoms. The summed E-state index contributed by atoms with van der Waals surface area (Å²) in [6.07, 6.45) is -1.60. The number of allylic oxidation sites excluding steroid dienone is 1. The van der Waals surface area contributed by atoms with E-state index in [-0.39, 0.29) is 18.2 Å². The monoisotopic (exact) mass is 395 g/mol. The molecule has 0 unspecified atom stereocenters. The number of nitrogens with one attached hydrogen (secondary N) is 1. The Balaban J connectivity index is 2.45. The SMILES string of the molecule is CC/C=C(\C)C(=O)Nc1cccc(-n2ncc(C(=O)OCC)c2C(F)(F)F)c1. The number of anilines is 1. The summed E-state index contributed by atoms with van der Waals surface area (Å²) < 4.78 is 46.0. The molecule has 0 saturated heterocycles. The summed E-state index contributed by atoms with van der Waals surface area (Å²) in [6.45, 7) is 4.96. The van der Waals surface area contributed by atoms with Crippen molar-refractivity contribution in [1.82, 2.24) is 9.78 Å². The molecule has 0 aliphatic heterocycles. The van der Waals surface area contributed by atoms with Gasteiger partial charge in [-0.3, -0.25) is 4.79 Å². The quantitative estimate of drug-likeness (QED) is 0.583. The van der Waals surface area contributed by atoms with Gasteiger partial charge in [-0.25, -0.2) is 9.48 Å². The van der Waals surface area contributed by atoms with Crippen LogP contribution in [0.4, 0.5) is 18.9 Å². The molecular formula is C19H20F3N3O3. The zero-order valence-corrected chi connectivity index (χ0v) is 15.6. The first-order valence-electron chi connectivity index (χ1n) is 8.59. The third-order valence-electron chi connectivity index (χ3n) is 3.75. The highest BCUT2D eigenvalue weighted by Gasteiger charge is 2.41. The van der Waals surface area contributed by atoms with Gasteiger partial charge in [0, 0.05) is 11.3 Å². The maximum absolute atomic E-state index is 13.6. The van der Waals surface area contributed by atoms with Crippen molar-refractivity contribution in [2.45, 2.75) is 33.4 Å². The van der Waals surface area contributed by atoms with Crippen LogP contribution in [-0.4, -0.2) is 28.3 Å². The summed E-state index contributed by atoms with van der Waals surface area (Å²) in [5, 5.41) is 6.34. The van der Waals surface area contributed by atoms with Gasteiger partial charge in [0.05, 0.1) is 18.5 Å². The van der Waals surface area contributed by atoms with Gasteiger partial charge in [0.2, 0.25) is 0 Å².